The van der Waals surface area contributed by atoms with Crippen LogP contribution < -0.4 is 4.74 Å². The first kappa shape index (κ1) is 15.4. The topological polar surface area (TPSA) is 31.4 Å². The van der Waals surface area contributed by atoms with Crippen molar-refractivity contribution in [3.05, 3.63) is 45.7 Å². The van der Waals surface area contributed by atoms with Crippen molar-refractivity contribution < 1.29 is 22.6 Å². The van der Waals surface area contributed by atoms with Crippen molar-refractivity contribution >= 4 is 23.2 Å². The first-order chi connectivity index (χ1) is 10.3. The molecule has 1 aliphatic rings. The standard InChI is InChI=1S/C14H8Cl2F3NO2/c15-12-10-6-21-5-9(10)11(13(16)20-12)7-1-3-8(4-2-7)22-14(17,18)19/h1-4H,5-6H2. The van der Waals surface area contributed by atoms with E-state index in [1.54, 1.807) is 0 Å². The number of ether oxygens (including phenoxy) is 2. The van der Waals surface area contributed by atoms with Gasteiger partial charge in [0.15, 0.2) is 0 Å². The number of pyridine rings is 1. The minimum absolute atomic E-state index is 0.179. The lowest BCUT2D eigenvalue weighted by atomic mass is 10.00. The predicted molar refractivity (Wildman–Crippen MR) is 74.9 cm³/mol. The third-order valence-corrected chi connectivity index (χ3v) is 3.77. The number of halogens is 5. The minimum Gasteiger partial charge on any atom is -0.406 e. The van der Waals surface area contributed by atoms with Crippen LogP contribution in [0.25, 0.3) is 11.1 Å². The van der Waals surface area contributed by atoms with E-state index < -0.39 is 6.36 Å². The summed E-state index contributed by atoms with van der Waals surface area (Å²) in [5.41, 5.74) is 2.77. The summed E-state index contributed by atoms with van der Waals surface area (Å²) >= 11 is 12.1. The SMILES string of the molecule is FC(F)(F)Oc1ccc(-c2c(Cl)nc(Cl)c3c2COC3)cc1. The van der Waals surface area contributed by atoms with Gasteiger partial charge in [-0.05, 0) is 23.3 Å². The van der Waals surface area contributed by atoms with Gasteiger partial charge in [-0.25, -0.2) is 4.98 Å². The van der Waals surface area contributed by atoms with E-state index in [0.717, 1.165) is 11.1 Å². The van der Waals surface area contributed by atoms with Gasteiger partial charge in [0, 0.05) is 11.1 Å². The fourth-order valence-corrected chi connectivity index (χ4v) is 2.89. The molecule has 0 atom stereocenters. The molecule has 0 unspecified atom stereocenters. The Morgan fingerprint density at radius 1 is 1.00 bits per heavy atom. The first-order valence-corrected chi connectivity index (χ1v) is 6.91. The summed E-state index contributed by atoms with van der Waals surface area (Å²) in [6.07, 6.45) is -4.73. The van der Waals surface area contributed by atoms with Crippen LogP contribution >= 0.6 is 23.2 Å². The molecule has 116 valence electrons. The summed E-state index contributed by atoms with van der Waals surface area (Å²) in [4.78, 5) is 4.04. The summed E-state index contributed by atoms with van der Waals surface area (Å²) in [7, 11) is 0. The maximum absolute atomic E-state index is 12.2. The molecule has 0 saturated carbocycles. The van der Waals surface area contributed by atoms with Gasteiger partial charge in [0.2, 0.25) is 0 Å². The van der Waals surface area contributed by atoms with Gasteiger partial charge in [-0.15, -0.1) is 13.2 Å². The van der Waals surface area contributed by atoms with Crippen LogP contribution in [0.4, 0.5) is 13.2 Å². The molecule has 2 heterocycles. The molecule has 3 nitrogen and oxygen atoms in total. The fourth-order valence-electron chi connectivity index (χ4n) is 2.29. The van der Waals surface area contributed by atoms with Crippen LogP contribution in [0.5, 0.6) is 5.75 Å². The highest BCUT2D eigenvalue weighted by atomic mass is 35.5. The van der Waals surface area contributed by atoms with E-state index >= 15 is 0 Å². The van der Waals surface area contributed by atoms with Gasteiger partial charge in [-0.3, -0.25) is 0 Å². The Kier molecular flexibility index (Phi) is 3.92. The molecule has 8 heteroatoms. The second-order valence-electron chi connectivity index (χ2n) is 4.59. The Bertz CT molecular complexity index is 718. The van der Waals surface area contributed by atoms with Crippen LogP contribution in [0.3, 0.4) is 0 Å². The van der Waals surface area contributed by atoms with E-state index in [-0.39, 0.29) is 16.1 Å². The number of alkyl halides is 3. The Labute approximate surface area is 133 Å². The van der Waals surface area contributed by atoms with E-state index in [2.05, 4.69) is 9.72 Å². The number of fused-ring (bicyclic) bond motifs is 1. The van der Waals surface area contributed by atoms with Gasteiger partial charge < -0.3 is 9.47 Å². The maximum atomic E-state index is 12.2. The summed E-state index contributed by atoms with van der Waals surface area (Å²) in [5.74, 6) is -0.304. The molecule has 22 heavy (non-hydrogen) atoms. The fraction of sp³-hybridized carbons (Fsp3) is 0.214. The number of benzene rings is 1. The average molecular weight is 350 g/mol. The lowest BCUT2D eigenvalue weighted by Crippen LogP contribution is -2.16. The van der Waals surface area contributed by atoms with Crippen molar-refractivity contribution in [2.75, 3.05) is 0 Å². The molecule has 0 bridgehead atoms. The molecule has 0 aliphatic carbocycles. The predicted octanol–water partition coefficient (Wildman–Crippen LogP) is 4.98. The van der Waals surface area contributed by atoms with Gasteiger partial charge in [0.05, 0.1) is 13.2 Å². The Morgan fingerprint density at radius 3 is 2.27 bits per heavy atom. The van der Waals surface area contributed by atoms with Crippen molar-refractivity contribution in [3.63, 3.8) is 0 Å². The molecule has 0 spiro atoms. The van der Waals surface area contributed by atoms with Crippen molar-refractivity contribution in [1.82, 2.24) is 4.98 Å². The molecule has 0 amide bonds. The van der Waals surface area contributed by atoms with Crippen LogP contribution in [-0.2, 0) is 18.0 Å². The zero-order valence-corrected chi connectivity index (χ0v) is 12.4. The number of aromatic nitrogens is 1. The lowest BCUT2D eigenvalue weighted by molar-refractivity contribution is -0.274. The number of rotatable bonds is 2. The molecule has 2 aromatic rings. The summed E-state index contributed by atoms with van der Waals surface area (Å²) in [5, 5.41) is 0.456. The van der Waals surface area contributed by atoms with E-state index in [0.29, 0.717) is 24.3 Å². The summed E-state index contributed by atoms with van der Waals surface area (Å²) < 4.78 is 45.7. The molecule has 0 fully saturated rings. The normalized spacial score (nSPS) is 14.0. The molecule has 1 aliphatic heterocycles. The number of nitrogens with zero attached hydrogens (tertiary/aromatic N) is 1. The lowest BCUT2D eigenvalue weighted by Gasteiger charge is -2.12. The average Bonchev–Trinajstić information content (AvgIpc) is 2.88. The Morgan fingerprint density at radius 2 is 1.64 bits per heavy atom. The Balaban J connectivity index is 2.00. The monoisotopic (exact) mass is 349 g/mol. The smallest absolute Gasteiger partial charge is 0.406 e. The van der Waals surface area contributed by atoms with E-state index in [4.69, 9.17) is 27.9 Å². The van der Waals surface area contributed by atoms with Crippen LogP contribution in [0.2, 0.25) is 10.3 Å². The van der Waals surface area contributed by atoms with Gasteiger partial charge in [-0.1, -0.05) is 35.3 Å². The molecule has 0 saturated heterocycles. The van der Waals surface area contributed by atoms with Gasteiger partial charge in [0.1, 0.15) is 16.1 Å². The highest BCUT2D eigenvalue weighted by molar-refractivity contribution is 6.35. The van der Waals surface area contributed by atoms with Gasteiger partial charge in [0.25, 0.3) is 0 Å². The molecule has 0 N–H and O–H groups in total. The van der Waals surface area contributed by atoms with Crippen molar-refractivity contribution in [1.29, 1.82) is 0 Å². The van der Waals surface area contributed by atoms with Gasteiger partial charge >= 0.3 is 6.36 Å². The van der Waals surface area contributed by atoms with Crippen LogP contribution in [-0.4, -0.2) is 11.3 Å². The summed E-state index contributed by atoms with van der Waals surface area (Å²) in [6.45, 7) is 0.661. The minimum atomic E-state index is -4.73. The van der Waals surface area contributed by atoms with Crippen molar-refractivity contribution in [2.24, 2.45) is 0 Å². The number of hydrogen-bond donors (Lipinski definition) is 0. The largest absolute Gasteiger partial charge is 0.573 e. The van der Waals surface area contributed by atoms with Crippen LogP contribution in [0.1, 0.15) is 11.1 Å². The van der Waals surface area contributed by atoms with Crippen LogP contribution in [0, 0.1) is 0 Å². The van der Waals surface area contributed by atoms with Gasteiger partial charge in [-0.2, -0.15) is 0 Å². The van der Waals surface area contributed by atoms with Crippen molar-refractivity contribution in [3.8, 4) is 16.9 Å². The van der Waals surface area contributed by atoms with E-state index in [1.165, 1.54) is 24.3 Å². The first-order valence-electron chi connectivity index (χ1n) is 6.16. The summed E-state index contributed by atoms with van der Waals surface area (Å²) in [6, 6.07) is 5.40. The molecule has 1 aromatic carbocycles. The molecular formula is C14H8Cl2F3NO2. The Hall–Kier alpha value is -1.50. The second kappa shape index (κ2) is 5.61. The highest BCUT2D eigenvalue weighted by Gasteiger charge is 2.31. The van der Waals surface area contributed by atoms with Crippen LogP contribution in [0.15, 0.2) is 24.3 Å². The number of hydrogen-bond acceptors (Lipinski definition) is 3. The molecule has 1 aromatic heterocycles. The molecular weight excluding hydrogens is 342 g/mol. The third-order valence-electron chi connectivity index (χ3n) is 3.19. The zero-order chi connectivity index (χ0) is 15.9. The zero-order valence-electron chi connectivity index (χ0n) is 10.9. The maximum Gasteiger partial charge on any atom is 0.573 e. The third kappa shape index (κ3) is 2.99. The molecule has 3 rings (SSSR count). The molecule has 0 radical (unpaired) electrons. The second-order valence-corrected chi connectivity index (χ2v) is 5.31. The van der Waals surface area contributed by atoms with Crippen molar-refractivity contribution in [2.45, 2.75) is 19.6 Å². The van der Waals surface area contributed by atoms with E-state index in [9.17, 15) is 13.2 Å². The highest BCUT2D eigenvalue weighted by Crippen LogP contribution is 2.39. The quantitative estimate of drug-likeness (QED) is 0.716. The van der Waals surface area contributed by atoms with E-state index in [1.807, 2.05) is 0 Å².